The predicted octanol–water partition coefficient (Wildman–Crippen LogP) is 2.11. The fourth-order valence-electron chi connectivity index (χ4n) is 1.53. The largest absolute Gasteiger partial charge is 0.457 e. The van der Waals surface area contributed by atoms with Gasteiger partial charge >= 0.3 is 5.97 Å². The minimum Gasteiger partial charge on any atom is -0.457 e. The summed E-state index contributed by atoms with van der Waals surface area (Å²) in [6.45, 7) is 3.60. The summed E-state index contributed by atoms with van der Waals surface area (Å²) >= 11 is 0. The Morgan fingerprint density at radius 2 is 2.21 bits per heavy atom. The van der Waals surface area contributed by atoms with E-state index in [1.807, 2.05) is 6.07 Å². The topological polar surface area (TPSA) is 50.1 Å². The van der Waals surface area contributed by atoms with Crippen LogP contribution in [0.25, 0.3) is 0 Å². The number of nitriles is 1. The van der Waals surface area contributed by atoms with Crippen LogP contribution in [0.5, 0.6) is 0 Å². The molecule has 3 nitrogen and oxygen atoms in total. The molecule has 0 radical (unpaired) electrons. The molecule has 1 saturated carbocycles. The van der Waals surface area contributed by atoms with Gasteiger partial charge in [-0.05, 0) is 31.3 Å². The van der Waals surface area contributed by atoms with E-state index in [1.54, 1.807) is 0 Å². The van der Waals surface area contributed by atoms with Crippen molar-refractivity contribution in [1.82, 2.24) is 0 Å². The summed E-state index contributed by atoms with van der Waals surface area (Å²) in [4.78, 5) is 11.4. The molecule has 14 heavy (non-hydrogen) atoms. The standard InChI is InChI=1S/C11H13NO2/c1-2-7-14-11(13)10(8-12)9-5-3-4-6-9/h2H,1,3-7H2. The zero-order valence-corrected chi connectivity index (χ0v) is 8.08. The minimum absolute atomic E-state index is 0.164. The molecule has 0 atom stereocenters. The smallest absolute Gasteiger partial charge is 0.349 e. The second-order valence-electron chi connectivity index (χ2n) is 3.18. The molecule has 3 heteroatoms. The van der Waals surface area contributed by atoms with E-state index in [4.69, 9.17) is 10.00 Å². The van der Waals surface area contributed by atoms with Crippen molar-refractivity contribution in [3.8, 4) is 6.07 Å². The Labute approximate surface area is 83.7 Å². The van der Waals surface area contributed by atoms with Gasteiger partial charge in [0.25, 0.3) is 0 Å². The molecule has 0 bridgehead atoms. The summed E-state index contributed by atoms with van der Waals surface area (Å²) in [5.74, 6) is -0.510. The van der Waals surface area contributed by atoms with Crippen LogP contribution in [0.3, 0.4) is 0 Å². The van der Waals surface area contributed by atoms with Gasteiger partial charge in [0.2, 0.25) is 0 Å². The molecule has 74 valence electrons. The van der Waals surface area contributed by atoms with Crippen LogP contribution in [0.1, 0.15) is 25.7 Å². The van der Waals surface area contributed by atoms with Crippen LogP contribution in [0.4, 0.5) is 0 Å². The van der Waals surface area contributed by atoms with Crippen LogP contribution >= 0.6 is 0 Å². The van der Waals surface area contributed by atoms with E-state index in [1.165, 1.54) is 6.08 Å². The molecule has 1 fully saturated rings. The molecule has 0 spiro atoms. The lowest BCUT2D eigenvalue weighted by Crippen LogP contribution is -2.08. The monoisotopic (exact) mass is 191 g/mol. The fraction of sp³-hybridized carbons (Fsp3) is 0.455. The molecular formula is C11H13NO2. The Kier molecular flexibility index (Phi) is 3.93. The number of carbonyl (C=O) groups is 1. The molecule has 0 unspecified atom stereocenters. The maximum Gasteiger partial charge on any atom is 0.349 e. The van der Waals surface area contributed by atoms with E-state index in [2.05, 4.69) is 6.58 Å². The third-order valence-electron chi connectivity index (χ3n) is 2.21. The summed E-state index contributed by atoms with van der Waals surface area (Å²) in [6, 6.07) is 1.92. The van der Waals surface area contributed by atoms with Crippen LogP contribution < -0.4 is 0 Å². The first-order valence-electron chi connectivity index (χ1n) is 4.69. The molecule has 0 aromatic heterocycles. The predicted molar refractivity (Wildman–Crippen MR) is 52.3 cm³/mol. The molecule has 0 saturated heterocycles. The number of allylic oxidation sites excluding steroid dienone is 1. The van der Waals surface area contributed by atoms with E-state index in [0.717, 1.165) is 31.3 Å². The van der Waals surface area contributed by atoms with Gasteiger partial charge in [-0.2, -0.15) is 5.26 Å². The molecule has 1 aliphatic rings. The summed E-state index contributed by atoms with van der Waals surface area (Å²) in [5.41, 5.74) is 1.14. The quantitative estimate of drug-likeness (QED) is 0.297. The highest BCUT2D eigenvalue weighted by Crippen LogP contribution is 2.27. The molecule has 1 aliphatic carbocycles. The molecule has 1 rings (SSSR count). The first kappa shape index (κ1) is 10.5. The normalized spacial score (nSPS) is 14.6. The number of hydrogen-bond acceptors (Lipinski definition) is 3. The Hall–Kier alpha value is -1.56. The maximum atomic E-state index is 11.4. The zero-order chi connectivity index (χ0) is 10.4. The van der Waals surface area contributed by atoms with E-state index < -0.39 is 5.97 Å². The van der Waals surface area contributed by atoms with Crippen LogP contribution in [0.15, 0.2) is 23.8 Å². The van der Waals surface area contributed by atoms with Gasteiger partial charge in [0.15, 0.2) is 0 Å². The number of rotatable bonds is 3. The molecule has 0 heterocycles. The SMILES string of the molecule is C=CCOC(=O)C(C#N)=C1CCCC1. The summed E-state index contributed by atoms with van der Waals surface area (Å²) in [7, 11) is 0. The Balaban J connectivity index is 2.71. The van der Waals surface area contributed by atoms with Crippen molar-refractivity contribution in [3.63, 3.8) is 0 Å². The Bertz CT molecular complexity index is 302. The van der Waals surface area contributed by atoms with Gasteiger partial charge < -0.3 is 4.74 Å². The van der Waals surface area contributed by atoms with Gasteiger partial charge in [0.1, 0.15) is 18.2 Å². The van der Waals surface area contributed by atoms with Gasteiger partial charge in [-0.15, -0.1) is 0 Å². The summed E-state index contributed by atoms with van der Waals surface area (Å²) < 4.78 is 4.82. The highest BCUT2D eigenvalue weighted by molar-refractivity contribution is 5.93. The zero-order valence-electron chi connectivity index (χ0n) is 8.08. The van der Waals surface area contributed by atoms with Crippen molar-refractivity contribution in [2.24, 2.45) is 0 Å². The van der Waals surface area contributed by atoms with E-state index >= 15 is 0 Å². The van der Waals surface area contributed by atoms with Crippen LogP contribution in [-0.4, -0.2) is 12.6 Å². The van der Waals surface area contributed by atoms with Crippen molar-refractivity contribution in [2.75, 3.05) is 6.61 Å². The third-order valence-corrected chi connectivity index (χ3v) is 2.21. The average molecular weight is 191 g/mol. The highest BCUT2D eigenvalue weighted by atomic mass is 16.5. The van der Waals surface area contributed by atoms with Crippen LogP contribution in [0, 0.1) is 11.3 Å². The van der Waals surface area contributed by atoms with Gasteiger partial charge in [-0.3, -0.25) is 0 Å². The maximum absolute atomic E-state index is 11.4. The van der Waals surface area contributed by atoms with Gasteiger partial charge in [-0.1, -0.05) is 12.7 Å². The van der Waals surface area contributed by atoms with Crippen molar-refractivity contribution in [2.45, 2.75) is 25.7 Å². The van der Waals surface area contributed by atoms with E-state index in [0.29, 0.717) is 0 Å². The average Bonchev–Trinajstić information content (AvgIpc) is 2.69. The van der Waals surface area contributed by atoms with Crippen LogP contribution in [-0.2, 0) is 9.53 Å². The van der Waals surface area contributed by atoms with Crippen molar-refractivity contribution in [1.29, 1.82) is 5.26 Å². The molecule has 0 amide bonds. The number of carbonyl (C=O) groups excluding carboxylic acids is 1. The second-order valence-corrected chi connectivity index (χ2v) is 3.18. The Morgan fingerprint density at radius 3 is 2.71 bits per heavy atom. The highest BCUT2D eigenvalue weighted by Gasteiger charge is 2.19. The van der Waals surface area contributed by atoms with E-state index in [9.17, 15) is 4.79 Å². The van der Waals surface area contributed by atoms with Gasteiger partial charge in [-0.25, -0.2) is 4.79 Å². The molecule has 0 aliphatic heterocycles. The first-order chi connectivity index (χ1) is 6.79. The fourth-order valence-corrected chi connectivity index (χ4v) is 1.53. The van der Waals surface area contributed by atoms with E-state index in [-0.39, 0.29) is 12.2 Å². The minimum atomic E-state index is -0.510. The van der Waals surface area contributed by atoms with Crippen molar-refractivity contribution < 1.29 is 9.53 Å². The lowest BCUT2D eigenvalue weighted by Gasteiger charge is -2.02. The number of nitrogens with zero attached hydrogens (tertiary/aromatic N) is 1. The van der Waals surface area contributed by atoms with Crippen molar-refractivity contribution in [3.05, 3.63) is 23.8 Å². The molecule has 0 N–H and O–H groups in total. The number of hydrogen-bond donors (Lipinski definition) is 0. The van der Waals surface area contributed by atoms with Crippen LogP contribution in [0.2, 0.25) is 0 Å². The first-order valence-corrected chi connectivity index (χ1v) is 4.69. The number of esters is 1. The molecular weight excluding hydrogens is 178 g/mol. The summed E-state index contributed by atoms with van der Waals surface area (Å²) in [5, 5.41) is 8.82. The van der Waals surface area contributed by atoms with Crippen molar-refractivity contribution >= 4 is 5.97 Å². The number of ether oxygens (including phenoxy) is 1. The molecule has 0 aromatic carbocycles. The molecule has 0 aromatic rings. The lowest BCUT2D eigenvalue weighted by molar-refractivity contribution is -0.137. The summed E-state index contributed by atoms with van der Waals surface area (Å²) in [6.07, 6.45) is 5.33. The van der Waals surface area contributed by atoms with Gasteiger partial charge in [0, 0.05) is 0 Å². The van der Waals surface area contributed by atoms with Gasteiger partial charge in [0.05, 0.1) is 0 Å². The lowest BCUT2D eigenvalue weighted by atomic mass is 10.1. The Morgan fingerprint density at radius 1 is 1.57 bits per heavy atom. The second kappa shape index (κ2) is 5.23. The third kappa shape index (κ3) is 2.46.